The number of fused-ring (bicyclic) bond motifs is 4. The van der Waals surface area contributed by atoms with Gasteiger partial charge < -0.3 is 14.4 Å². The van der Waals surface area contributed by atoms with Gasteiger partial charge in [0.1, 0.15) is 20.7 Å². The molecule has 4 aromatic carbocycles. The van der Waals surface area contributed by atoms with Gasteiger partial charge in [-0.25, -0.2) is 4.79 Å². The first-order valence-electron chi connectivity index (χ1n) is 14.5. The quantitative estimate of drug-likeness (QED) is 0.0877. The van der Waals surface area contributed by atoms with Crippen LogP contribution in [0.4, 0.5) is 11.4 Å². The van der Waals surface area contributed by atoms with E-state index in [9.17, 15) is 4.79 Å². The highest BCUT2D eigenvalue weighted by molar-refractivity contribution is 8.46. The molecule has 0 aromatic heterocycles. The van der Waals surface area contributed by atoms with E-state index in [1.54, 1.807) is 23.5 Å². The smallest absolute Gasteiger partial charge is 0.343 e. The highest BCUT2D eigenvalue weighted by Crippen LogP contribution is 2.54. The molecule has 1 atom stereocenters. The maximum atomic E-state index is 13.0. The summed E-state index contributed by atoms with van der Waals surface area (Å²) in [6.45, 7) is 6.57. The van der Waals surface area contributed by atoms with E-state index in [2.05, 4.69) is 50.9 Å². The van der Waals surface area contributed by atoms with Crippen molar-refractivity contribution in [2.45, 2.75) is 50.5 Å². The number of para-hydroxylation sites is 1. The minimum absolute atomic E-state index is 0.334. The van der Waals surface area contributed by atoms with E-state index in [4.69, 9.17) is 26.7 Å². The molecule has 0 amide bonds. The van der Waals surface area contributed by atoms with Crippen LogP contribution in [0.3, 0.4) is 0 Å². The number of likely N-dealkylation sites (N-methyl/N-ethyl adjacent to an activating group) is 1. The summed E-state index contributed by atoms with van der Waals surface area (Å²) in [5.41, 5.74) is 3.61. The standard InChI is InChI=1S/C35H34N2O3S3/c1-5-6-19-42-33(41)43-21-23-11-13-25(14-12-23)32(38)39-26-17-15-24-16-18-30-31(27(24)20-26)36-22-35(40-30)34(2,3)28-9-7-8-10-29(28)37(35)4/h7-18,20,22H,5-6,19,21H2,1-4H3. The fourth-order valence-electron chi connectivity index (χ4n) is 5.80. The summed E-state index contributed by atoms with van der Waals surface area (Å²) in [7, 11) is 2.05. The Morgan fingerprint density at radius 1 is 1.02 bits per heavy atom. The zero-order valence-electron chi connectivity index (χ0n) is 24.8. The molecular weight excluding hydrogens is 593 g/mol. The Morgan fingerprint density at radius 3 is 2.56 bits per heavy atom. The van der Waals surface area contributed by atoms with Crippen molar-refractivity contribution in [3.8, 4) is 11.5 Å². The normalized spacial score (nSPS) is 17.9. The van der Waals surface area contributed by atoms with E-state index in [1.165, 1.54) is 18.4 Å². The van der Waals surface area contributed by atoms with Gasteiger partial charge in [-0.3, -0.25) is 4.99 Å². The van der Waals surface area contributed by atoms with Crippen molar-refractivity contribution < 1.29 is 14.3 Å². The lowest BCUT2D eigenvalue weighted by molar-refractivity contribution is 0.0735. The lowest BCUT2D eigenvalue weighted by Gasteiger charge is -2.45. The predicted molar refractivity (Wildman–Crippen MR) is 186 cm³/mol. The van der Waals surface area contributed by atoms with Gasteiger partial charge in [-0.15, -0.1) is 23.5 Å². The molecule has 1 unspecified atom stereocenters. The van der Waals surface area contributed by atoms with Gasteiger partial charge in [0, 0.05) is 23.9 Å². The number of carbonyl (C=O) groups excluding carboxylic acids is 1. The molecule has 0 aliphatic carbocycles. The van der Waals surface area contributed by atoms with Gasteiger partial charge in [-0.05, 0) is 78.9 Å². The number of thioether (sulfide) groups is 2. The van der Waals surface area contributed by atoms with Crippen LogP contribution in [-0.4, -0.2) is 34.2 Å². The Kier molecular flexibility index (Phi) is 8.28. The number of thiocarbonyl (C=S) groups is 1. The molecule has 0 N–H and O–H groups in total. The molecule has 43 heavy (non-hydrogen) atoms. The zero-order chi connectivity index (χ0) is 30.2. The summed E-state index contributed by atoms with van der Waals surface area (Å²) >= 11 is 8.88. The second kappa shape index (κ2) is 12.0. The largest absolute Gasteiger partial charge is 0.459 e. The van der Waals surface area contributed by atoms with Gasteiger partial charge in [0.05, 0.1) is 17.2 Å². The Labute approximate surface area is 267 Å². The summed E-state index contributed by atoms with van der Waals surface area (Å²) < 4.78 is 13.6. The van der Waals surface area contributed by atoms with Crippen LogP contribution in [0.2, 0.25) is 0 Å². The summed E-state index contributed by atoms with van der Waals surface area (Å²) in [5.74, 6) is 2.60. The molecule has 0 fully saturated rings. The zero-order valence-corrected chi connectivity index (χ0v) is 27.2. The van der Waals surface area contributed by atoms with E-state index in [1.807, 2.05) is 66.9 Å². The Morgan fingerprint density at radius 2 is 1.79 bits per heavy atom. The number of aliphatic imine (C=N–C) groups is 1. The fourth-order valence-corrected chi connectivity index (χ4v) is 8.07. The SMILES string of the molecule is CCCCSC(=S)SCc1ccc(C(=O)Oc2ccc3ccc4c(c3c2)N=CC2(O4)N(C)c3ccccc3C2(C)C)cc1. The molecule has 0 radical (unpaired) electrons. The fraction of sp³-hybridized carbons (Fsp3) is 0.286. The van der Waals surface area contributed by atoms with Gasteiger partial charge in [-0.2, -0.15) is 0 Å². The number of nitrogens with zero attached hydrogens (tertiary/aromatic N) is 2. The molecule has 1 spiro atoms. The Balaban J connectivity index is 1.18. The molecule has 0 saturated heterocycles. The maximum Gasteiger partial charge on any atom is 0.343 e. The van der Waals surface area contributed by atoms with Crippen molar-refractivity contribution >= 4 is 73.6 Å². The number of carbonyl (C=O) groups is 1. The minimum atomic E-state index is -0.759. The summed E-state index contributed by atoms with van der Waals surface area (Å²) in [6.07, 6.45) is 4.27. The molecule has 8 heteroatoms. The number of hydrogen-bond donors (Lipinski definition) is 0. The van der Waals surface area contributed by atoms with E-state index in [0.717, 1.165) is 42.7 Å². The van der Waals surface area contributed by atoms with Crippen LogP contribution >= 0.6 is 35.7 Å². The number of unbranched alkanes of at least 4 members (excludes halogenated alkanes) is 1. The molecule has 0 bridgehead atoms. The Bertz CT molecular complexity index is 1730. The maximum absolute atomic E-state index is 13.0. The molecule has 2 aliphatic rings. The highest BCUT2D eigenvalue weighted by atomic mass is 32.2. The van der Waals surface area contributed by atoms with Crippen LogP contribution in [0, 0.1) is 0 Å². The van der Waals surface area contributed by atoms with Gasteiger partial charge in [0.25, 0.3) is 0 Å². The van der Waals surface area contributed by atoms with Crippen molar-refractivity contribution in [1.29, 1.82) is 0 Å². The number of ether oxygens (including phenoxy) is 2. The monoisotopic (exact) mass is 626 g/mol. The van der Waals surface area contributed by atoms with Crippen LogP contribution in [0.1, 0.15) is 55.1 Å². The molecule has 2 aliphatic heterocycles. The van der Waals surface area contributed by atoms with Crippen LogP contribution < -0.4 is 14.4 Å². The number of anilines is 1. The number of rotatable bonds is 7. The third-order valence-corrected chi connectivity index (χ3v) is 11.2. The van der Waals surface area contributed by atoms with Crippen LogP contribution in [0.25, 0.3) is 10.8 Å². The molecule has 6 rings (SSSR count). The van der Waals surface area contributed by atoms with Crippen molar-refractivity contribution in [2.24, 2.45) is 4.99 Å². The van der Waals surface area contributed by atoms with Crippen molar-refractivity contribution in [1.82, 2.24) is 0 Å². The molecule has 2 heterocycles. The lowest BCUT2D eigenvalue weighted by atomic mass is 9.77. The lowest BCUT2D eigenvalue weighted by Crippen LogP contribution is -2.61. The van der Waals surface area contributed by atoms with Crippen LogP contribution in [0.15, 0.2) is 83.9 Å². The third-order valence-electron chi connectivity index (χ3n) is 8.37. The first-order valence-corrected chi connectivity index (χ1v) is 16.9. The molecular formula is C35H34N2O3S3. The predicted octanol–water partition coefficient (Wildman–Crippen LogP) is 9.33. The second-order valence-corrected chi connectivity index (χ2v) is 14.7. The summed E-state index contributed by atoms with van der Waals surface area (Å²) in [6, 6.07) is 25.6. The Hall–Kier alpha value is -3.33. The van der Waals surface area contributed by atoms with E-state index < -0.39 is 11.7 Å². The molecule has 0 saturated carbocycles. The van der Waals surface area contributed by atoms with Crippen molar-refractivity contribution in [3.63, 3.8) is 0 Å². The average molecular weight is 627 g/mol. The van der Waals surface area contributed by atoms with Gasteiger partial charge in [0.2, 0.25) is 5.72 Å². The summed E-state index contributed by atoms with van der Waals surface area (Å²) in [4.78, 5) is 20.2. The molecule has 220 valence electrons. The van der Waals surface area contributed by atoms with Gasteiger partial charge in [-0.1, -0.05) is 68.0 Å². The number of esters is 1. The van der Waals surface area contributed by atoms with Crippen molar-refractivity contribution in [3.05, 3.63) is 95.6 Å². The van der Waals surface area contributed by atoms with Gasteiger partial charge >= 0.3 is 5.97 Å². The minimum Gasteiger partial charge on any atom is -0.459 e. The van der Waals surface area contributed by atoms with E-state index >= 15 is 0 Å². The molecule has 5 nitrogen and oxygen atoms in total. The second-order valence-electron chi connectivity index (χ2n) is 11.4. The summed E-state index contributed by atoms with van der Waals surface area (Å²) in [5, 5.41) is 1.86. The first-order chi connectivity index (χ1) is 20.7. The topological polar surface area (TPSA) is 51.1 Å². The third kappa shape index (κ3) is 5.45. The van der Waals surface area contributed by atoms with Crippen LogP contribution in [-0.2, 0) is 11.2 Å². The van der Waals surface area contributed by atoms with Crippen LogP contribution in [0.5, 0.6) is 11.5 Å². The first kappa shape index (κ1) is 29.7. The van der Waals surface area contributed by atoms with Gasteiger partial charge in [0.15, 0.2) is 0 Å². The van der Waals surface area contributed by atoms with Crippen molar-refractivity contribution in [2.75, 3.05) is 17.7 Å². The van der Waals surface area contributed by atoms with E-state index in [-0.39, 0.29) is 5.41 Å². The van der Waals surface area contributed by atoms with E-state index in [0.29, 0.717) is 17.1 Å². The number of hydrogen-bond acceptors (Lipinski definition) is 8. The average Bonchev–Trinajstić information content (AvgIpc) is 3.18. The highest BCUT2D eigenvalue weighted by Gasteiger charge is 2.58. The number of benzene rings is 4. The molecule has 4 aromatic rings.